The number of hydrogen-bond donors (Lipinski definition) is 4. The Hall–Kier alpha value is 1.22. The van der Waals surface area contributed by atoms with Crippen molar-refractivity contribution in [3.8, 4) is 0 Å². The Bertz CT molecular complexity index is 982. The van der Waals surface area contributed by atoms with E-state index in [0.717, 1.165) is 22.0 Å². The fourth-order valence-electron chi connectivity index (χ4n) is 19.0. The van der Waals surface area contributed by atoms with Crippen LogP contribution in [0, 0.1) is 0 Å². The first-order valence-corrected chi connectivity index (χ1v) is 16.9. The van der Waals surface area contributed by atoms with E-state index in [-0.39, 0.29) is 0 Å². The van der Waals surface area contributed by atoms with Crippen LogP contribution in [-0.4, -0.2) is 44.8 Å². The van der Waals surface area contributed by atoms with Crippen molar-refractivity contribution in [2.45, 2.75) is 59.2 Å². The van der Waals surface area contributed by atoms with E-state index in [1.807, 2.05) is 0 Å². The quantitative estimate of drug-likeness (QED) is 0.328. The molecule has 1 spiro atoms. The summed E-state index contributed by atoms with van der Waals surface area (Å²) in [7, 11) is 0.628. The normalized spacial score (nSPS) is 104. The molecule has 0 amide bonds. The van der Waals surface area contributed by atoms with Gasteiger partial charge in [0.05, 0.1) is 0 Å². The summed E-state index contributed by atoms with van der Waals surface area (Å²) in [5.74, 6) is 0. The first-order valence-electron chi connectivity index (χ1n) is 8.17. The van der Waals surface area contributed by atoms with Gasteiger partial charge in [0, 0.05) is 0 Å². The molecule has 6 atom stereocenters. The van der Waals surface area contributed by atoms with Gasteiger partial charge in [-0.15, -0.1) is 0 Å². The first kappa shape index (κ1) is 10.3. The molecule has 0 saturated carbocycles. The second kappa shape index (κ2) is 1.02. The molecule has 6 unspecified atom stereocenters. The van der Waals surface area contributed by atoms with E-state index in [2.05, 4.69) is 0 Å². The Labute approximate surface area is 115 Å². The van der Waals surface area contributed by atoms with Gasteiger partial charge in [0.2, 0.25) is 0 Å². The summed E-state index contributed by atoms with van der Waals surface area (Å²) in [6.45, 7) is -3.36. The Kier molecular flexibility index (Phi) is 0.499. The average Bonchev–Trinajstić information content (AvgIpc) is 3.36. The summed E-state index contributed by atoms with van der Waals surface area (Å²) < 4.78 is 1.27. The van der Waals surface area contributed by atoms with Gasteiger partial charge >= 0.3 is 116 Å². The molecule has 4 N–H and O–H groups in total. The number of fused-ring (bicyclic) bond motifs is 10. The van der Waals surface area contributed by atoms with E-state index in [0.29, 0.717) is 25.8 Å². The van der Waals surface area contributed by atoms with Gasteiger partial charge in [0.25, 0.3) is 0 Å². The van der Waals surface area contributed by atoms with E-state index in [1.54, 1.807) is 0 Å². The maximum absolute atomic E-state index is 9.46. The Balaban J connectivity index is 1.32. The molecule has 7 heteroatoms. The fourth-order valence-corrected chi connectivity index (χ4v) is 105. The van der Waals surface area contributed by atoms with Crippen molar-refractivity contribution in [1.82, 2.24) is 0 Å². The van der Waals surface area contributed by atoms with Crippen LogP contribution >= 0.6 is 17.2 Å². The first-order chi connectivity index (χ1) is 9.77. The van der Waals surface area contributed by atoms with Gasteiger partial charge in [-0.1, -0.05) is 0 Å². The van der Waals surface area contributed by atoms with Crippen LogP contribution in [0.15, 0.2) is 0 Å². The standard InChI is InChI=1S/C9H15O4P2.C5H5.Fe/c10-8(11)14-4-6-2-1-3-7(6)5-15-9(12)13;1-2-4-5-3-1;/h1-3,8-15H,4-5H2;1-5H;. The summed E-state index contributed by atoms with van der Waals surface area (Å²) in [6.07, 6.45) is 2.25. The second-order valence-corrected chi connectivity index (χ2v) is 37.6. The van der Waals surface area contributed by atoms with Crippen molar-refractivity contribution in [3.63, 3.8) is 0 Å². The third-order valence-electron chi connectivity index (χ3n) is 16.6. The molecule has 10 saturated heterocycles. The number of rotatable bonds is 6. The predicted octanol–water partition coefficient (Wildman–Crippen LogP) is 2.01. The molecule has 4 nitrogen and oxygen atoms in total. The van der Waals surface area contributed by atoms with Crippen molar-refractivity contribution in [1.29, 1.82) is 0 Å². The monoisotopic (exact) mass is 370 g/mol. The van der Waals surface area contributed by atoms with E-state index < -0.39 is 18.6 Å². The number of aliphatic hydroxyl groups excluding tert-OH is 2. The van der Waals surface area contributed by atoms with Gasteiger partial charge in [0.15, 0.2) is 0 Å². The minimum atomic E-state index is -3.36. The number of aliphatic hydroxyl groups is 4. The maximum atomic E-state index is 9.46. The summed E-state index contributed by atoms with van der Waals surface area (Å²) >= 11 is 0. The molecule has 0 radical (unpaired) electrons. The third-order valence-corrected chi connectivity index (χ3v) is 63.5. The van der Waals surface area contributed by atoms with Crippen molar-refractivity contribution in [3.05, 3.63) is 0 Å². The predicted molar refractivity (Wildman–Crippen MR) is 78.2 cm³/mol. The van der Waals surface area contributed by atoms with Crippen molar-refractivity contribution in [2.24, 2.45) is 0 Å². The molecule has 0 bridgehead atoms. The average molecular weight is 370 g/mol. The zero-order valence-corrected chi connectivity index (χ0v) is 14.4. The molecule has 118 valence electrons. The molecule has 21 heavy (non-hydrogen) atoms. The summed E-state index contributed by atoms with van der Waals surface area (Å²) in [5, 5.41) is 37.8. The van der Waals surface area contributed by atoms with Crippen LogP contribution in [0.4, 0.5) is 0 Å². The van der Waals surface area contributed by atoms with Gasteiger partial charge in [0.1, 0.15) is 0 Å². The topological polar surface area (TPSA) is 80.9 Å². The summed E-state index contributed by atoms with van der Waals surface area (Å²) in [6, 6.07) is -2.21. The molecular formula is C14H20FeO4P2. The summed E-state index contributed by atoms with van der Waals surface area (Å²) in [5.41, 5.74) is 0. The van der Waals surface area contributed by atoms with E-state index in [9.17, 15) is 20.4 Å². The van der Waals surface area contributed by atoms with Crippen LogP contribution in [0.2, 0.25) is 47.2 Å². The fraction of sp³-hybridized carbons (Fsp3) is 1.00. The van der Waals surface area contributed by atoms with Gasteiger partial charge in [-0.05, 0) is 0 Å². The van der Waals surface area contributed by atoms with Gasteiger partial charge in [-0.25, -0.2) is 0 Å². The Morgan fingerprint density at radius 1 is 0.714 bits per heavy atom. The Morgan fingerprint density at radius 3 is 1.33 bits per heavy atom. The van der Waals surface area contributed by atoms with Gasteiger partial charge in [-0.3, -0.25) is 0 Å². The summed E-state index contributed by atoms with van der Waals surface area (Å²) in [4.78, 5) is 9.50. The molecule has 0 aromatic heterocycles. The van der Waals surface area contributed by atoms with E-state index in [4.69, 9.17) is 0 Å². The van der Waals surface area contributed by atoms with Crippen LogP contribution in [0.3, 0.4) is 0 Å². The van der Waals surface area contributed by atoms with Crippen molar-refractivity contribution < 1.29 is 26.9 Å². The van der Waals surface area contributed by atoms with E-state index >= 15 is 0 Å². The van der Waals surface area contributed by atoms with Gasteiger partial charge < -0.3 is 0 Å². The molecule has 0 aliphatic carbocycles. The van der Waals surface area contributed by atoms with Crippen LogP contribution in [-0.2, 0) is 6.51 Å². The second-order valence-electron chi connectivity index (χ2n) is 11.6. The van der Waals surface area contributed by atoms with E-state index in [1.165, 1.54) is 28.9 Å². The Morgan fingerprint density at radius 2 is 1.10 bits per heavy atom. The zero-order chi connectivity index (χ0) is 13.9. The molecule has 0 aromatic rings. The third kappa shape index (κ3) is 0.136. The van der Waals surface area contributed by atoms with Crippen molar-refractivity contribution in [2.75, 3.05) is 12.3 Å². The van der Waals surface area contributed by atoms with Crippen LogP contribution < -0.4 is 0 Å². The molecule has 10 fully saturated rings. The SMILES string of the molecule is OC(O)PC[C]12[CH]3[CH]4[CH]5[C]1(CPC(O)O)[Fe]43521678[CH]2[CH]1[CH]6[CH]7[CH]28. The van der Waals surface area contributed by atoms with Crippen LogP contribution in [0.1, 0.15) is 0 Å². The minimum absolute atomic E-state index is 0.314. The van der Waals surface area contributed by atoms with Crippen LogP contribution in [0.25, 0.3) is 0 Å². The molecule has 10 aliphatic rings. The van der Waals surface area contributed by atoms with Gasteiger partial charge in [-0.2, -0.15) is 0 Å². The molecular weight excluding hydrogens is 350 g/mol. The van der Waals surface area contributed by atoms with Crippen LogP contribution in [0.5, 0.6) is 0 Å². The molecule has 10 aliphatic heterocycles. The molecule has 10 rings (SSSR count). The molecule has 0 aromatic carbocycles. The van der Waals surface area contributed by atoms with Crippen molar-refractivity contribution >= 4 is 17.2 Å². The zero-order valence-electron chi connectivity index (χ0n) is 11.3. The number of hydrogen-bond acceptors (Lipinski definition) is 4. The molecule has 10 heterocycles.